The Morgan fingerprint density at radius 2 is 1.90 bits per heavy atom. The van der Waals surface area contributed by atoms with Crippen LogP contribution in [-0.2, 0) is 9.47 Å². The number of carbonyl (C=O) groups is 1. The Morgan fingerprint density at radius 1 is 1.17 bits per heavy atom. The van der Waals surface area contributed by atoms with E-state index in [9.17, 15) is 13.6 Å². The van der Waals surface area contributed by atoms with E-state index in [4.69, 9.17) is 31.3 Å². The molecule has 48 heavy (non-hydrogen) atoms. The van der Waals surface area contributed by atoms with Crippen LogP contribution in [0.25, 0.3) is 22.0 Å². The van der Waals surface area contributed by atoms with Gasteiger partial charge in [-0.25, -0.2) is 18.3 Å². The Morgan fingerprint density at radius 3 is 2.54 bits per heavy atom. The number of carbonyl (C=O) groups excluding carboxylic acids is 1. The van der Waals surface area contributed by atoms with Crippen LogP contribution >= 0.6 is 11.6 Å². The highest BCUT2D eigenvalue weighted by molar-refractivity contribution is 6.36. The number of halogens is 3. The van der Waals surface area contributed by atoms with Gasteiger partial charge in [0.15, 0.2) is 12.0 Å². The number of rotatable bonds is 5. The van der Waals surface area contributed by atoms with Gasteiger partial charge in [0.25, 0.3) is 0 Å². The molecule has 5 heterocycles. The molecule has 0 radical (unpaired) electrons. The lowest BCUT2D eigenvalue weighted by Gasteiger charge is -2.58. The number of piperazine rings is 1. The van der Waals surface area contributed by atoms with Crippen molar-refractivity contribution in [3.63, 3.8) is 0 Å². The van der Waals surface area contributed by atoms with Crippen molar-refractivity contribution < 1.29 is 23.0 Å². The van der Waals surface area contributed by atoms with Gasteiger partial charge in [0, 0.05) is 73.0 Å². The Hall–Kier alpha value is -2.96. The summed E-state index contributed by atoms with van der Waals surface area (Å²) in [5, 5.41) is 15.7. The van der Waals surface area contributed by atoms with Crippen LogP contribution < -0.4 is 10.2 Å². The fourth-order valence-corrected chi connectivity index (χ4v) is 8.28. The second kappa shape index (κ2) is 13.7. The number of amides is 1. The van der Waals surface area contributed by atoms with Gasteiger partial charge >= 0.3 is 6.09 Å². The molecule has 1 spiro atoms. The Kier molecular flexibility index (Phi) is 9.99. The molecule has 4 aliphatic rings. The smallest absolute Gasteiger partial charge is 0.410 e. The summed E-state index contributed by atoms with van der Waals surface area (Å²) in [5.74, 6) is 1.02. The summed E-state index contributed by atoms with van der Waals surface area (Å²) in [6.07, 6.45) is 7.93. The van der Waals surface area contributed by atoms with Crippen LogP contribution in [0.1, 0.15) is 89.7 Å². The van der Waals surface area contributed by atoms with Crippen molar-refractivity contribution in [2.24, 2.45) is 5.41 Å². The van der Waals surface area contributed by atoms with E-state index in [1.54, 1.807) is 0 Å². The average molecular weight is 690 g/mol. The second-order valence-electron chi connectivity index (χ2n) is 14.9. The van der Waals surface area contributed by atoms with Crippen molar-refractivity contribution in [1.29, 1.82) is 0 Å². The maximum absolute atomic E-state index is 12.6. The molecule has 3 saturated heterocycles. The zero-order chi connectivity index (χ0) is 34.4. The number of benzene rings is 1. The summed E-state index contributed by atoms with van der Waals surface area (Å²) in [5.41, 5.74) is 5.03. The molecule has 7 rings (SSSR count). The van der Waals surface area contributed by atoms with E-state index in [0.29, 0.717) is 6.04 Å². The zero-order valence-corrected chi connectivity index (χ0v) is 29.9. The van der Waals surface area contributed by atoms with Gasteiger partial charge in [-0.1, -0.05) is 18.5 Å². The van der Waals surface area contributed by atoms with Crippen LogP contribution in [0.5, 0.6) is 0 Å². The molecule has 4 fully saturated rings. The lowest BCUT2D eigenvalue weighted by atomic mass is 9.61. The zero-order valence-electron chi connectivity index (χ0n) is 29.1. The summed E-state index contributed by atoms with van der Waals surface area (Å²) in [6.45, 7) is 15.6. The van der Waals surface area contributed by atoms with Crippen molar-refractivity contribution >= 4 is 34.4 Å². The lowest BCUT2D eigenvalue weighted by Crippen LogP contribution is -2.64. The minimum absolute atomic E-state index is 0.0560. The maximum atomic E-state index is 12.6. The minimum Gasteiger partial charge on any atom is -0.444 e. The van der Waals surface area contributed by atoms with E-state index in [-0.39, 0.29) is 23.8 Å². The number of alkyl halides is 2. The molecule has 1 aliphatic carbocycles. The number of aromatic nitrogens is 4. The van der Waals surface area contributed by atoms with E-state index in [2.05, 4.69) is 46.4 Å². The van der Waals surface area contributed by atoms with Gasteiger partial charge in [0.2, 0.25) is 6.93 Å². The third kappa shape index (κ3) is 6.52. The van der Waals surface area contributed by atoms with Gasteiger partial charge in [-0.2, -0.15) is 10.2 Å². The van der Waals surface area contributed by atoms with Crippen LogP contribution in [0.3, 0.4) is 0 Å². The van der Waals surface area contributed by atoms with E-state index >= 15 is 0 Å². The van der Waals surface area contributed by atoms with Crippen molar-refractivity contribution in [2.75, 3.05) is 51.2 Å². The predicted molar refractivity (Wildman–Crippen MR) is 184 cm³/mol. The third-order valence-corrected chi connectivity index (χ3v) is 10.8. The third-order valence-electron chi connectivity index (χ3n) is 10.3. The molecule has 1 saturated carbocycles. The molecule has 264 valence electrons. The van der Waals surface area contributed by atoms with E-state index < -0.39 is 12.5 Å². The fourth-order valence-electron chi connectivity index (χ4n) is 8.03. The van der Waals surface area contributed by atoms with E-state index in [1.165, 1.54) is 0 Å². The van der Waals surface area contributed by atoms with Crippen molar-refractivity contribution in [1.82, 2.24) is 29.8 Å². The number of anilines is 1. The standard InChI is InChI=1S/C34H48ClN7O3.CH2F2/c1-7-23-17-36-11-12-40(23)31-28(29-25-18-37-42(27-10-8-9-13-44-27)26(25)14-21(2)30(29)35)22(3)41(38-31)24-15-34(16-24)19-39(20-34)32(43)45-33(4,5)6;2-1-3/h14,18,23-24,27,36H,7-13,15-17,19-20H2,1-6H3;1H2. The Labute approximate surface area is 287 Å². The SMILES string of the molecule is CCC1CNCCN1c1nn(C2CC3(C2)CN(C(=O)OC(C)(C)C)C3)c(C)c1-c1c(Cl)c(C)cc2c1cnn2C1CCCCO1.FCF. The van der Waals surface area contributed by atoms with Crippen molar-refractivity contribution in [3.8, 4) is 11.1 Å². The monoisotopic (exact) mass is 689 g/mol. The Bertz CT molecular complexity index is 1620. The molecule has 2 aromatic heterocycles. The van der Waals surface area contributed by atoms with Crippen LogP contribution in [0.2, 0.25) is 5.02 Å². The van der Waals surface area contributed by atoms with Gasteiger partial charge in [-0.3, -0.25) is 4.68 Å². The highest BCUT2D eigenvalue weighted by atomic mass is 35.5. The number of fused-ring (bicyclic) bond motifs is 1. The summed E-state index contributed by atoms with van der Waals surface area (Å²) < 4.78 is 35.4. The minimum atomic E-state index is -1.75. The van der Waals surface area contributed by atoms with Crippen LogP contribution in [0.15, 0.2) is 12.3 Å². The van der Waals surface area contributed by atoms with Crippen molar-refractivity contribution in [3.05, 3.63) is 28.5 Å². The molecule has 1 aromatic carbocycles. The first-order chi connectivity index (χ1) is 22.9. The molecule has 1 amide bonds. The topological polar surface area (TPSA) is 89.7 Å². The van der Waals surface area contributed by atoms with Gasteiger partial charge < -0.3 is 24.6 Å². The molecule has 13 heteroatoms. The van der Waals surface area contributed by atoms with Crippen LogP contribution in [0.4, 0.5) is 19.4 Å². The van der Waals surface area contributed by atoms with Gasteiger partial charge in [-0.15, -0.1) is 0 Å². The predicted octanol–water partition coefficient (Wildman–Crippen LogP) is 7.51. The largest absolute Gasteiger partial charge is 0.444 e. The Balaban J connectivity index is 0.00000129. The number of nitrogens with one attached hydrogen (secondary N) is 1. The molecule has 0 bridgehead atoms. The molecule has 2 unspecified atom stereocenters. The van der Waals surface area contributed by atoms with Crippen molar-refractivity contribution in [2.45, 2.75) is 104 Å². The van der Waals surface area contributed by atoms with Crippen LogP contribution in [-0.4, -0.2) is 88.5 Å². The van der Waals surface area contributed by atoms with E-state index in [0.717, 1.165) is 122 Å². The first-order valence-corrected chi connectivity index (χ1v) is 17.7. The number of ether oxygens (including phenoxy) is 2. The first-order valence-electron chi connectivity index (χ1n) is 17.3. The number of likely N-dealkylation sites (tertiary alicyclic amines) is 1. The summed E-state index contributed by atoms with van der Waals surface area (Å²) in [6, 6.07) is 2.78. The number of aryl methyl sites for hydroxylation is 1. The average Bonchev–Trinajstić information content (AvgIpc) is 3.57. The normalized spacial score (nSPS) is 22.7. The van der Waals surface area contributed by atoms with Crippen LogP contribution in [0, 0.1) is 19.3 Å². The summed E-state index contributed by atoms with van der Waals surface area (Å²) >= 11 is 7.27. The number of hydrogen-bond acceptors (Lipinski definition) is 7. The molecule has 3 aromatic rings. The molecular formula is C35H50ClF2N7O3. The number of hydrogen-bond donors (Lipinski definition) is 1. The highest BCUT2D eigenvalue weighted by Crippen LogP contribution is 2.56. The first kappa shape index (κ1) is 34.9. The highest BCUT2D eigenvalue weighted by Gasteiger charge is 2.55. The number of nitrogens with zero attached hydrogens (tertiary/aromatic N) is 6. The molecule has 2 atom stereocenters. The van der Waals surface area contributed by atoms with Gasteiger partial charge in [-0.05, 0) is 84.8 Å². The summed E-state index contributed by atoms with van der Waals surface area (Å²) in [4.78, 5) is 17.0. The summed E-state index contributed by atoms with van der Waals surface area (Å²) in [7, 11) is 0. The molecule has 3 aliphatic heterocycles. The maximum Gasteiger partial charge on any atom is 0.410 e. The van der Waals surface area contributed by atoms with Gasteiger partial charge in [0.1, 0.15) is 5.60 Å². The molecular weight excluding hydrogens is 640 g/mol. The molecule has 1 N–H and O–H groups in total. The quantitative estimate of drug-likeness (QED) is 0.297. The van der Waals surface area contributed by atoms with E-state index in [1.807, 2.05) is 31.9 Å². The second-order valence-corrected chi connectivity index (χ2v) is 15.3. The molecule has 10 nitrogen and oxygen atoms in total. The fraction of sp³-hybridized carbons (Fsp3) is 0.686. The van der Waals surface area contributed by atoms with Gasteiger partial charge in [0.05, 0.1) is 22.8 Å². The lowest BCUT2D eigenvalue weighted by molar-refractivity contribution is -0.0930.